The van der Waals surface area contributed by atoms with Gasteiger partial charge in [-0.3, -0.25) is 4.68 Å². The molecule has 0 saturated carbocycles. The Morgan fingerprint density at radius 1 is 1.50 bits per heavy atom. The number of nitrogens with one attached hydrogen (secondary N) is 1. The third kappa shape index (κ3) is 3.05. The van der Waals surface area contributed by atoms with Gasteiger partial charge in [-0.15, -0.1) is 0 Å². The number of anilines is 1. The van der Waals surface area contributed by atoms with Crippen molar-refractivity contribution in [2.75, 3.05) is 11.9 Å². The van der Waals surface area contributed by atoms with Crippen LogP contribution in [-0.4, -0.2) is 16.3 Å². The van der Waals surface area contributed by atoms with Crippen molar-refractivity contribution < 1.29 is 0 Å². The largest absolute Gasteiger partial charge is 0.370 e. The molecular formula is C11H21N3. The van der Waals surface area contributed by atoms with Crippen molar-refractivity contribution in [2.45, 2.75) is 33.6 Å². The molecule has 1 aromatic heterocycles. The first-order valence-corrected chi connectivity index (χ1v) is 5.40. The van der Waals surface area contributed by atoms with Crippen LogP contribution in [0.2, 0.25) is 0 Å². The molecule has 0 spiro atoms. The second-order valence-electron chi connectivity index (χ2n) is 4.17. The molecule has 0 amide bonds. The Hall–Kier alpha value is -0.990. The van der Waals surface area contributed by atoms with Gasteiger partial charge in [0.05, 0.1) is 5.69 Å². The molecule has 1 heterocycles. The van der Waals surface area contributed by atoms with E-state index < -0.39 is 0 Å². The van der Waals surface area contributed by atoms with Gasteiger partial charge in [0.2, 0.25) is 0 Å². The van der Waals surface area contributed by atoms with Crippen LogP contribution in [0, 0.1) is 5.92 Å². The van der Waals surface area contributed by atoms with Crippen molar-refractivity contribution in [1.82, 2.24) is 9.78 Å². The minimum Gasteiger partial charge on any atom is -0.370 e. The van der Waals surface area contributed by atoms with E-state index in [0.29, 0.717) is 5.92 Å². The van der Waals surface area contributed by atoms with Crippen LogP contribution in [-0.2, 0) is 13.5 Å². The summed E-state index contributed by atoms with van der Waals surface area (Å²) in [5.41, 5.74) is 1.18. The number of hydrogen-bond donors (Lipinski definition) is 1. The van der Waals surface area contributed by atoms with Crippen molar-refractivity contribution in [3.63, 3.8) is 0 Å². The fourth-order valence-corrected chi connectivity index (χ4v) is 1.38. The lowest BCUT2D eigenvalue weighted by atomic mass is 10.2. The average Bonchev–Trinajstić information content (AvgIpc) is 2.44. The summed E-state index contributed by atoms with van der Waals surface area (Å²) in [4.78, 5) is 0. The molecule has 1 rings (SSSR count). The first-order chi connectivity index (χ1) is 6.63. The van der Waals surface area contributed by atoms with Crippen LogP contribution in [0.15, 0.2) is 6.07 Å². The topological polar surface area (TPSA) is 29.9 Å². The summed E-state index contributed by atoms with van der Waals surface area (Å²) in [7, 11) is 1.99. The standard InChI is InChI=1S/C11H21N3/c1-5-6-10-7-11(14(4)13-10)12-8-9(2)3/h7,9,12H,5-6,8H2,1-4H3. The number of aromatic nitrogens is 2. The van der Waals surface area contributed by atoms with Gasteiger partial charge in [0, 0.05) is 19.7 Å². The SMILES string of the molecule is CCCc1cc(NCC(C)C)n(C)n1. The van der Waals surface area contributed by atoms with Crippen LogP contribution >= 0.6 is 0 Å². The van der Waals surface area contributed by atoms with E-state index in [2.05, 4.69) is 37.3 Å². The lowest BCUT2D eigenvalue weighted by Crippen LogP contribution is -2.10. The Bertz CT molecular complexity index is 276. The number of nitrogens with zero attached hydrogens (tertiary/aromatic N) is 2. The normalized spacial score (nSPS) is 10.9. The minimum absolute atomic E-state index is 0.666. The van der Waals surface area contributed by atoms with Crippen LogP contribution in [0.25, 0.3) is 0 Å². The van der Waals surface area contributed by atoms with Gasteiger partial charge in [0.25, 0.3) is 0 Å². The van der Waals surface area contributed by atoms with E-state index in [1.54, 1.807) is 0 Å². The molecule has 0 bridgehead atoms. The summed E-state index contributed by atoms with van der Waals surface area (Å²) in [5, 5.41) is 7.82. The van der Waals surface area contributed by atoms with Crippen molar-refractivity contribution >= 4 is 5.82 Å². The zero-order valence-corrected chi connectivity index (χ0v) is 9.67. The third-order valence-electron chi connectivity index (χ3n) is 2.13. The molecule has 0 fully saturated rings. The molecule has 80 valence electrons. The first-order valence-electron chi connectivity index (χ1n) is 5.40. The van der Waals surface area contributed by atoms with Gasteiger partial charge in [-0.1, -0.05) is 27.2 Å². The maximum absolute atomic E-state index is 4.43. The fraction of sp³-hybridized carbons (Fsp3) is 0.727. The van der Waals surface area contributed by atoms with Crippen LogP contribution in [0.5, 0.6) is 0 Å². The van der Waals surface area contributed by atoms with Crippen LogP contribution < -0.4 is 5.32 Å². The molecule has 14 heavy (non-hydrogen) atoms. The predicted octanol–water partition coefficient (Wildman–Crippen LogP) is 2.44. The molecule has 0 aromatic carbocycles. The Kier molecular flexibility index (Phi) is 3.98. The molecule has 0 atom stereocenters. The third-order valence-corrected chi connectivity index (χ3v) is 2.13. The van der Waals surface area contributed by atoms with Gasteiger partial charge < -0.3 is 5.32 Å². The lowest BCUT2D eigenvalue weighted by molar-refractivity contribution is 0.673. The molecule has 3 nitrogen and oxygen atoms in total. The van der Waals surface area contributed by atoms with Gasteiger partial charge >= 0.3 is 0 Å². The van der Waals surface area contributed by atoms with E-state index in [1.807, 2.05) is 11.7 Å². The summed E-state index contributed by atoms with van der Waals surface area (Å²) in [6, 6.07) is 2.14. The molecule has 1 N–H and O–H groups in total. The van der Waals surface area contributed by atoms with Gasteiger partial charge in [0.1, 0.15) is 5.82 Å². The van der Waals surface area contributed by atoms with E-state index >= 15 is 0 Å². The Labute approximate surface area is 86.5 Å². The quantitative estimate of drug-likeness (QED) is 0.782. The molecule has 0 aliphatic rings. The van der Waals surface area contributed by atoms with E-state index in [0.717, 1.165) is 25.2 Å². The Morgan fingerprint density at radius 3 is 2.79 bits per heavy atom. The van der Waals surface area contributed by atoms with Crippen LogP contribution in [0.1, 0.15) is 32.9 Å². The molecule has 0 saturated heterocycles. The molecular weight excluding hydrogens is 174 g/mol. The van der Waals surface area contributed by atoms with Gasteiger partial charge in [-0.25, -0.2) is 0 Å². The highest BCUT2D eigenvalue weighted by Crippen LogP contribution is 2.11. The smallest absolute Gasteiger partial charge is 0.124 e. The summed E-state index contributed by atoms with van der Waals surface area (Å²) >= 11 is 0. The van der Waals surface area contributed by atoms with E-state index in [1.165, 1.54) is 5.69 Å². The van der Waals surface area contributed by atoms with Gasteiger partial charge in [-0.05, 0) is 12.3 Å². The van der Waals surface area contributed by atoms with Gasteiger partial charge in [0.15, 0.2) is 0 Å². The maximum atomic E-state index is 4.43. The Balaban J connectivity index is 2.58. The van der Waals surface area contributed by atoms with Crippen molar-refractivity contribution in [3.8, 4) is 0 Å². The minimum atomic E-state index is 0.666. The number of hydrogen-bond acceptors (Lipinski definition) is 2. The molecule has 0 unspecified atom stereocenters. The monoisotopic (exact) mass is 195 g/mol. The second-order valence-corrected chi connectivity index (χ2v) is 4.17. The van der Waals surface area contributed by atoms with E-state index in [9.17, 15) is 0 Å². The summed E-state index contributed by atoms with van der Waals surface area (Å²) in [6.07, 6.45) is 2.22. The van der Waals surface area contributed by atoms with Crippen LogP contribution in [0.4, 0.5) is 5.82 Å². The molecule has 0 aliphatic heterocycles. The zero-order valence-electron chi connectivity index (χ0n) is 9.67. The molecule has 0 radical (unpaired) electrons. The average molecular weight is 195 g/mol. The van der Waals surface area contributed by atoms with Gasteiger partial charge in [-0.2, -0.15) is 5.10 Å². The highest BCUT2D eigenvalue weighted by molar-refractivity contribution is 5.36. The highest BCUT2D eigenvalue weighted by Gasteiger charge is 2.03. The van der Waals surface area contributed by atoms with Crippen molar-refractivity contribution in [2.24, 2.45) is 13.0 Å². The van der Waals surface area contributed by atoms with Crippen molar-refractivity contribution in [1.29, 1.82) is 0 Å². The summed E-state index contributed by atoms with van der Waals surface area (Å²) in [6.45, 7) is 7.59. The summed E-state index contributed by atoms with van der Waals surface area (Å²) < 4.78 is 1.92. The van der Waals surface area contributed by atoms with E-state index in [-0.39, 0.29) is 0 Å². The fourth-order valence-electron chi connectivity index (χ4n) is 1.38. The molecule has 1 aromatic rings. The predicted molar refractivity (Wildman–Crippen MR) is 60.5 cm³/mol. The molecule has 0 aliphatic carbocycles. The number of rotatable bonds is 5. The summed E-state index contributed by atoms with van der Waals surface area (Å²) in [5.74, 6) is 1.79. The van der Waals surface area contributed by atoms with E-state index in [4.69, 9.17) is 0 Å². The molecule has 3 heteroatoms. The van der Waals surface area contributed by atoms with Crippen molar-refractivity contribution in [3.05, 3.63) is 11.8 Å². The maximum Gasteiger partial charge on any atom is 0.124 e. The first kappa shape index (κ1) is 11.1. The van der Waals surface area contributed by atoms with Crippen LogP contribution in [0.3, 0.4) is 0 Å². The zero-order chi connectivity index (χ0) is 10.6. The second kappa shape index (κ2) is 5.03. The lowest BCUT2D eigenvalue weighted by Gasteiger charge is -2.07. The Morgan fingerprint density at radius 2 is 2.21 bits per heavy atom. The number of aryl methyl sites for hydroxylation is 2. The highest BCUT2D eigenvalue weighted by atomic mass is 15.3.